The van der Waals surface area contributed by atoms with Crippen molar-refractivity contribution in [2.24, 2.45) is 17.8 Å². The number of aromatic hydroxyl groups is 3. The second kappa shape index (κ2) is 15.8. The van der Waals surface area contributed by atoms with Crippen LogP contribution in [0.25, 0.3) is 0 Å². The fourth-order valence-corrected chi connectivity index (χ4v) is 8.20. The number of benzene rings is 3. The first-order valence-corrected chi connectivity index (χ1v) is 17.4. The second-order valence-electron chi connectivity index (χ2n) is 13.6. The molecule has 5 atom stereocenters. The standard InChI is InChI=1S/C41H50O6/c1-3-4-7-16-32-37(44)27-33(30-18-20-36(43)39(25-30)47-2)29(24-28-13-8-5-9-14-28)15-12-17-34(40(32)46)41(22-10-6-11-23-41)31-19-21-35(42)38(45)26-31/h5,8-9,13-14,18-21,25-26,29,32-34,40,42-43,45-46H,3-4,6-7,10-11,16-17,22-24,27H2,1-2H3. The summed E-state index contributed by atoms with van der Waals surface area (Å²) in [7, 11) is 1.52. The van der Waals surface area contributed by atoms with E-state index in [1.54, 1.807) is 12.1 Å². The van der Waals surface area contributed by atoms with Crippen LogP contribution in [-0.2, 0) is 16.6 Å². The maximum absolute atomic E-state index is 14.6. The number of phenols is 3. The molecule has 1 fully saturated rings. The van der Waals surface area contributed by atoms with Crippen LogP contribution < -0.4 is 4.74 Å². The van der Waals surface area contributed by atoms with Crippen molar-refractivity contribution in [3.63, 3.8) is 0 Å². The molecule has 2 aliphatic rings. The van der Waals surface area contributed by atoms with Crippen LogP contribution in [0.1, 0.15) is 100 Å². The van der Waals surface area contributed by atoms with Crippen molar-refractivity contribution in [2.45, 2.75) is 101 Å². The van der Waals surface area contributed by atoms with Crippen LogP contribution >= 0.6 is 0 Å². The summed E-state index contributed by atoms with van der Waals surface area (Å²) in [6.07, 6.45) is 8.50. The van der Waals surface area contributed by atoms with E-state index < -0.39 is 17.4 Å². The Bertz CT molecular complexity index is 1550. The molecule has 250 valence electrons. The summed E-state index contributed by atoms with van der Waals surface area (Å²) in [5.74, 6) is 5.92. The highest BCUT2D eigenvalue weighted by Crippen LogP contribution is 2.51. The summed E-state index contributed by atoms with van der Waals surface area (Å²) in [5, 5.41) is 43.6. The maximum atomic E-state index is 14.6. The lowest BCUT2D eigenvalue weighted by molar-refractivity contribution is -0.130. The predicted octanol–water partition coefficient (Wildman–Crippen LogP) is 8.20. The van der Waals surface area contributed by atoms with E-state index in [1.807, 2.05) is 36.4 Å². The highest BCUT2D eigenvalue weighted by molar-refractivity contribution is 5.82. The van der Waals surface area contributed by atoms with Crippen molar-refractivity contribution < 1.29 is 30.0 Å². The Balaban J connectivity index is 1.64. The number of aliphatic hydroxyl groups is 1. The molecule has 0 radical (unpaired) electrons. The topological polar surface area (TPSA) is 107 Å². The Hall–Kier alpha value is -3.95. The molecule has 5 rings (SSSR count). The molecule has 2 aliphatic carbocycles. The monoisotopic (exact) mass is 638 g/mol. The molecule has 5 unspecified atom stereocenters. The van der Waals surface area contributed by atoms with Gasteiger partial charge in [0, 0.05) is 41.9 Å². The quantitative estimate of drug-likeness (QED) is 0.101. The Morgan fingerprint density at radius 1 is 0.894 bits per heavy atom. The first-order valence-electron chi connectivity index (χ1n) is 17.4. The van der Waals surface area contributed by atoms with E-state index in [2.05, 4.69) is 30.9 Å². The number of carbonyl (C=O) groups excluding carboxylic acids is 1. The number of Topliss-reactive ketones (excluding diaryl/α,β-unsaturated/α-hetero) is 1. The Morgan fingerprint density at radius 3 is 2.34 bits per heavy atom. The molecule has 47 heavy (non-hydrogen) atoms. The van der Waals surface area contributed by atoms with Gasteiger partial charge in [0.05, 0.1) is 13.2 Å². The van der Waals surface area contributed by atoms with E-state index in [-0.39, 0.29) is 47.2 Å². The Morgan fingerprint density at radius 2 is 1.64 bits per heavy atom. The van der Waals surface area contributed by atoms with E-state index in [1.165, 1.54) is 13.2 Å². The van der Waals surface area contributed by atoms with Crippen LogP contribution in [0.5, 0.6) is 23.0 Å². The van der Waals surface area contributed by atoms with Gasteiger partial charge in [0.2, 0.25) is 0 Å². The molecule has 0 spiro atoms. The van der Waals surface area contributed by atoms with Crippen molar-refractivity contribution >= 4 is 5.78 Å². The van der Waals surface area contributed by atoms with Crippen LogP contribution in [0.15, 0.2) is 66.7 Å². The summed E-state index contributed by atoms with van der Waals surface area (Å²) in [6, 6.07) is 20.6. The van der Waals surface area contributed by atoms with E-state index in [0.29, 0.717) is 25.0 Å². The Labute approximate surface area is 279 Å². The second-order valence-corrected chi connectivity index (χ2v) is 13.6. The van der Waals surface area contributed by atoms with Gasteiger partial charge in [-0.15, -0.1) is 5.92 Å². The average Bonchev–Trinajstić information content (AvgIpc) is 3.08. The number of ketones is 1. The highest BCUT2D eigenvalue weighted by atomic mass is 16.5. The molecular weight excluding hydrogens is 588 g/mol. The number of methoxy groups -OCH3 is 1. The van der Waals surface area contributed by atoms with E-state index in [4.69, 9.17) is 4.74 Å². The van der Waals surface area contributed by atoms with Crippen molar-refractivity contribution in [3.05, 3.63) is 83.4 Å². The smallest absolute Gasteiger partial charge is 0.160 e. The van der Waals surface area contributed by atoms with Crippen molar-refractivity contribution in [1.29, 1.82) is 0 Å². The zero-order chi connectivity index (χ0) is 33.4. The van der Waals surface area contributed by atoms with Gasteiger partial charge in [-0.05, 0) is 66.6 Å². The molecule has 3 aromatic rings. The van der Waals surface area contributed by atoms with Gasteiger partial charge in [-0.2, -0.15) is 0 Å². The summed E-state index contributed by atoms with van der Waals surface area (Å²) >= 11 is 0. The number of hydrogen-bond donors (Lipinski definition) is 4. The third kappa shape index (κ3) is 7.79. The fourth-order valence-electron chi connectivity index (χ4n) is 8.20. The largest absolute Gasteiger partial charge is 0.504 e. The predicted molar refractivity (Wildman–Crippen MR) is 185 cm³/mol. The van der Waals surface area contributed by atoms with Gasteiger partial charge in [-0.25, -0.2) is 0 Å². The number of carbonyl (C=O) groups is 1. The van der Waals surface area contributed by atoms with Gasteiger partial charge in [-0.3, -0.25) is 4.79 Å². The number of ether oxygens (including phenoxy) is 1. The molecular formula is C41H50O6. The molecule has 1 saturated carbocycles. The summed E-state index contributed by atoms with van der Waals surface area (Å²) < 4.78 is 5.47. The lowest BCUT2D eigenvalue weighted by Gasteiger charge is -2.47. The lowest BCUT2D eigenvalue weighted by Crippen LogP contribution is -2.48. The van der Waals surface area contributed by atoms with Crippen LogP contribution in [0, 0.1) is 29.6 Å². The molecule has 4 N–H and O–H groups in total. The van der Waals surface area contributed by atoms with Gasteiger partial charge in [0.15, 0.2) is 23.0 Å². The molecule has 0 amide bonds. The SMILES string of the molecule is CCCCCC1C(=O)CC(c2ccc(O)c(OC)c2)C(Cc2ccccc2)C#CCC(C2(c3ccc(O)c(O)c3)CCCCC2)C1O. The van der Waals surface area contributed by atoms with Crippen LogP contribution in [0.2, 0.25) is 0 Å². The number of phenolic OH excluding ortho intramolecular Hbond substituents is 3. The molecule has 0 aromatic heterocycles. The minimum Gasteiger partial charge on any atom is -0.504 e. The number of aliphatic hydroxyl groups excluding tert-OH is 1. The number of unbranched alkanes of at least 4 members (excludes halogenated alkanes) is 2. The minimum absolute atomic E-state index is 0.0388. The van der Waals surface area contributed by atoms with Crippen LogP contribution in [0.3, 0.4) is 0 Å². The van der Waals surface area contributed by atoms with Crippen LogP contribution in [-0.4, -0.2) is 39.4 Å². The first kappa shape index (κ1) is 34.4. The van der Waals surface area contributed by atoms with Gasteiger partial charge >= 0.3 is 0 Å². The van der Waals surface area contributed by atoms with E-state index in [9.17, 15) is 25.2 Å². The zero-order valence-electron chi connectivity index (χ0n) is 27.8. The number of rotatable bonds is 10. The zero-order valence-corrected chi connectivity index (χ0v) is 27.8. The molecule has 0 saturated heterocycles. The molecule has 3 aromatic carbocycles. The Kier molecular flexibility index (Phi) is 11.5. The molecule has 6 heteroatoms. The lowest BCUT2D eigenvalue weighted by atomic mass is 9.57. The average molecular weight is 639 g/mol. The fraction of sp³-hybridized carbons (Fsp3) is 0.488. The first-order chi connectivity index (χ1) is 22.8. The highest BCUT2D eigenvalue weighted by Gasteiger charge is 2.48. The molecule has 0 aliphatic heterocycles. The summed E-state index contributed by atoms with van der Waals surface area (Å²) in [4.78, 5) is 14.6. The minimum atomic E-state index is -0.914. The molecule has 0 heterocycles. The maximum Gasteiger partial charge on any atom is 0.160 e. The van der Waals surface area contributed by atoms with E-state index >= 15 is 0 Å². The normalized spacial score (nSPS) is 24.6. The third-order valence-electron chi connectivity index (χ3n) is 10.8. The number of hydrogen-bond acceptors (Lipinski definition) is 6. The molecule has 6 nitrogen and oxygen atoms in total. The van der Waals surface area contributed by atoms with Crippen molar-refractivity contribution in [3.8, 4) is 34.8 Å². The molecule has 0 bridgehead atoms. The van der Waals surface area contributed by atoms with E-state index in [0.717, 1.165) is 68.1 Å². The van der Waals surface area contributed by atoms with Crippen LogP contribution in [0.4, 0.5) is 0 Å². The van der Waals surface area contributed by atoms with Gasteiger partial charge in [0.25, 0.3) is 0 Å². The van der Waals surface area contributed by atoms with Gasteiger partial charge in [-0.1, -0.05) is 93.8 Å². The third-order valence-corrected chi connectivity index (χ3v) is 10.8. The van der Waals surface area contributed by atoms with Gasteiger partial charge < -0.3 is 25.2 Å². The van der Waals surface area contributed by atoms with Crippen molar-refractivity contribution in [1.82, 2.24) is 0 Å². The summed E-state index contributed by atoms with van der Waals surface area (Å²) in [6.45, 7) is 2.14. The summed E-state index contributed by atoms with van der Waals surface area (Å²) in [5.41, 5.74) is 2.42. The van der Waals surface area contributed by atoms with Gasteiger partial charge in [0.1, 0.15) is 5.78 Å². The van der Waals surface area contributed by atoms with Crippen molar-refractivity contribution in [2.75, 3.05) is 7.11 Å².